The van der Waals surface area contributed by atoms with E-state index in [0.29, 0.717) is 17.6 Å². The number of piperidine rings is 1. The van der Waals surface area contributed by atoms with E-state index < -0.39 is 11.6 Å². The highest BCUT2D eigenvalue weighted by molar-refractivity contribution is 5.47. The summed E-state index contributed by atoms with van der Waals surface area (Å²) in [5.74, 6) is -0.533. The average molecular weight is 268 g/mol. The zero-order valence-electron chi connectivity index (χ0n) is 11.6. The molecule has 0 spiro atoms. The van der Waals surface area contributed by atoms with Crippen molar-refractivity contribution in [3.63, 3.8) is 0 Å². The van der Waals surface area contributed by atoms with Gasteiger partial charge >= 0.3 is 0 Å². The highest BCUT2D eigenvalue weighted by Crippen LogP contribution is 2.24. The number of rotatable bonds is 4. The lowest BCUT2D eigenvalue weighted by Gasteiger charge is -2.38. The summed E-state index contributed by atoms with van der Waals surface area (Å²) in [7, 11) is 0. The molecule has 1 heterocycles. The van der Waals surface area contributed by atoms with E-state index in [1.165, 1.54) is 12.1 Å². The number of hydrogen-bond acceptors (Lipinski definition) is 2. The van der Waals surface area contributed by atoms with Gasteiger partial charge in [0.15, 0.2) is 0 Å². The Morgan fingerprint density at radius 1 is 1.26 bits per heavy atom. The summed E-state index contributed by atoms with van der Waals surface area (Å²) in [6.45, 7) is 7.06. The van der Waals surface area contributed by atoms with Crippen LogP contribution in [-0.2, 0) is 0 Å². The molecule has 4 heteroatoms. The smallest absolute Gasteiger partial charge is 0.128 e. The van der Waals surface area contributed by atoms with Gasteiger partial charge in [0, 0.05) is 30.9 Å². The van der Waals surface area contributed by atoms with E-state index in [2.05, 4.69) is 24.1 Å². The van der Waals surface area contributed by atoms with Crippen LogP contribution in [0.1, 0.15) is 26.7 Å². The molecule has 2 atom stereocenters. The Morgan fingerprint density at radius 3 is 2.53 bits per heavy atom. The molecule has 0 aliphatic carbocycles. The molecule has 1 fully saturated rings. The molecule has 1 saturated heterocycles. The second-order valence-electron chi connectivity index (χ2n) is 5.40. The molecule has 1 aromatic carbocycles. The van der Waals surface area contributed by atoms with Crippen molar-refractivity contribution in [2.75, 3.05) is 24.5 Å². The topological polar surface area (TPSA) is 15.3 Å². The maximum Gasteiger partial charge on any atom is 0.128 e. The van der Waals surface area contributed by atoms with Gasteiger partial charge in [-0.2, -0.15) is 0 Å². The zero-order valence-corrected chi connectivity index (χ0v) is 11.6. The molecule has 1 aromatic rings. The van der Waals surface area contributed by atoms with Crippen LogP contribution in [0, 0.1) is 17.6 Å². The normalized spacial score (nSPS) is 23.7. The fourth-order valence-corrected chi connectivity index (χ4v) is 2.73. The first-order valence-corrected chi connectivity index (χ1v) is 7.04. The molecule has 0 bridgehead atoms. The zero-order chi connectivity index (χ0) is 13.8. The minimum absolute atomic E-state index is 0.478. The van der Waals surface area contributed by atoms with E-state index in [9.17, 15) is 8.78 Å². The number of nitrogens with one attached hydrogen (secondary N) is 1. The van der Waals surface area contributed by atoms with Crippen LogP contribution in [0.25, 0.3) is 0 Å². The Balaban J connectivity index is 2.01. The van der Waals surface area contributed by atoms with E-state index in [-0.39, 0.29) is 0 Å². The number of benzene rings is 1. The highest BCUT2D eigenvalue weighted by Gasteiger charge is 2.25. The fourth-order valence-electron chi connectivity index (χ4n) is 2.73. The van der Waals surface area contributed by atoms with E-state index >= 15 is 0 Å². The first-order valence-electron chi connectivity index (χ1n) is 7.04. The summed E-state index contributed by atoms with van der Waals surface area (Å²) in [5.41, 5.74) is 0.651. The number of hydrogen-bond donors (Lipinski definition) is 1. The van der Waals surface area contributed by atoms with Crippen LogP contribution < -0.4 is 10.2 Å². The highest BCUT2D eigenvalue weighted by atomic mass is 19.1. The Kier molecular flexibility index (Phi) is 4.75. The van der Waals surface area contributed by atoms with Gasteiger partial charge in [-0.1, -0.05) is 13.8 Å². The van der Waals surface area contributed by atoms with Crippen LogP contribution in [0.5, 0.6) is 0 Å². The molecule has 2 unspecified atom stereocenters. The van der Waals surface area contributed by atoms with Gasteiger partial charge in [0.1, 0.15) is 11.6 Å². The Bertz CT molecular complexity index is 402. The Morgan fingerprint density at radius 2 is 1.95 bits per heavy atom. The van der Waals surface area contributed by atoms with Gasteiger partial charge in [-0.3, -0.25) is 0 Å². The maximum absolute atomic E-state index is 13.2. The summed E-state index contributed by atoms with van der Waals surface area (Å²) in [6.07, 6.45) is 2.14. The lowest BCUT2D eigenvalue weighted by Crippen LogP contribution is -2.48. The van der Waals surface area contributed by atoms with Crippen molar-refractivity contribution in [3.05, 3.63) is 29.8 Å². The standard InChI is InChI=1S/C15H22F2N2/c1-3-5-18-15-4-6-19(10-11(15)2)14-8-12(16)7-13(17)9-14/h7-9,11,15,18H,3-6,10H2,1-2H3. The van der Waals surface area contributed by atoms with Gasteiger partial charge in [-0.05, 0) is 37.4 Å². The van der Waals surface area contributed by atoms with Crippen molar-refractivity contribution in [1.82, 2.24) is 5.32 Å². The summed E-state index contributed by atoms with van der Waals surface area (Å²) < 4.78 is 26.5. The van der Waals surface area contributed by atoms with Crippen LogP contribution in [0.4, 0.5) is 14.5 Å². The van der Waals surface area contributed by atoms with Crippen molar-refractivity contribution in [2.24, 2.45) is 5.92 Å². The second-order valence-corrected chi connectivity index (χ2v) is 5.40. The van der Waals surface area contributed by atoms with Gasteiger partial charge in [0.2, 0.25) is 0 Å². The van der Waals surface area contributed by atoms with Gasteiger partial charge in [-0.15, -0.1) is 0 Å². The fraction of sp³-hybridized carbons (Fsp3) is 0.600. The first-order chi connectivity index (χ1) is 9.10. The van der Waals surface area contributed by atoms with Gasteiger partial charge in [-0.25, -0.2) is 8.78 Å². The van der Waals surface area contributed by atoms with Crippen molar-refractivity contribution in [2.45, 2.75) is 32.7 Å². The molecule has 2 nitrogen and oxygen atoms in total. The van der Waals surface area contributed by atoms with E-state index in [1.807, 2.05) is 0 Å². The largest absolute Gasteiger partial charge is 0.371 e. The van der Waals surface area contributed by atoms with E-state index in [4.69, 9.17) is 0 Å². The van der Waals surface area contributed by atoms with Gasteiger partial charge in [0.25, 0.3) is 0 Å². The minimum atomic E-state index is -0.506. The molecule has 106 valence electrons. The molecule has 1 N–H and O–H groups in total. The van der Waals surface area contributed by atoms with Crippen LogP contribution in [0.2, 0.25) is 0 Å². The van der Waals surface area contributed by atoms with Crippen molar-refractivity contribution in [1.29, 1.82) is 0 Å². The predicted octanol–water partition coefficient (Wildman–Crippen LogP) is 3.18. The van der Waals surface area contributed by atoms with E-state index in [0.717, 1.165) is 38.5 Å². The lowest BCUT2D eigenvalue weighted by molar-refractivity contribution is 0.322. The van der Waals surface area contributed by atoms with Crippen LogP contribution in [0.15, 0.2) is 18.2 Å². The summed E-state index contributed by atoms with van der Waals surface area (Å²) >= 11 is 0. The lowest BCUT2D eigenvalue weighted by atomic mass is 9.93. The summed E-state index contributed by atoms with van der Waals surface area (Å²) in [4.78, 5) is 2.07. The third-order valence-electron chi connectivity index (χ3n) is 3.77. The third-order valence-corrected chi connectivity index (χ3v) is 3.77. The van der Waals surface area contributed by atoms with Crippen LogP contribution in [0.3, 0.4) is 0 Å². The number of anilines is 1. The van der Waals surface area contributed by atoms with Crippen LogP contribution in [-0.4, -0.2) is 25.7 Å². The quantitative estimate of drug-likeness (QED) is 0.902. The molecule has 1 aliphatic rings. The summed E-state index contributed by atoms with van der Waals surface area (Å²) in [5, 5.41) is 3.54. The minimum Gasteiger partial charge on any atom is -0.371 e. The average Bonchev–Trinajstić information content (AvgIpc) is 2.36. The maximum atomic E-state index is 13.2. The molecule has 19 heavy (non-hydrogen) atoms. The summed E-state index contributed by atoms with van der Waals surface area (Å²) in [6, 6.07) is 4.25. The van der Waals surface area contributed by atoms with E-state index in [1.54, 1.807) is 0 Å². The molecule has 2 rings (SSSR count). The molecule has 0 aromatic heterocycles. The Hall–Kier alpha value is -1.16. The molecule has 0 saturated carbocycles. The third kappa shape index (κ3) is 3.66. The SMILES string of the molecule is CCCNC1CCN(c2cc(F)cc(F)c2)CC1C. The molecular weight excluding hydrogens is 246 g/mol. The molecule has 0 amide bonds. The number of nitrogens with zero attached hydrogens (tertiary/aromatic N) is 1. The first kappa shape index (κ1) is 14.3. The Labute approximate surface area is 113 Å². The van der Waals surface area contributed by atoms with Gasteiger partial charge in [0.05, 0.1) is 0 Å². The van der Waals surface area contributed by atoms with Crippen LogP contribution >= 0.6 is 0 Å². The monoisotopic (exact) mass is 268 g/mol. The van der Waals surface area contributed by atoms with Crippen molar-refractivity contribution >= 4 is 5.69 Å². The predicted molar refractivity (Wildman–Crippen MR) is 74.4 cm³/mol. The number of halogens is 2. The molecule has 1 aliphatic heterocycles. The molecular formula is C15H22F2N2. The second kappa shape index (κ2) is 6.33. The van der Waals surface area contributed by atoms with Crippen molar-refractivity contribution in [3.8, 4) is 0 Å². The van der Waals surface area contributed by atoms with Crippen molar-refractivity contribution < 1.29 is 8.78 Å². The molecule has 0 radical (unpaired) electrons. The van der Waals surface area contributed by atoms with Gasteiger partial charge < -0.3 is 10.2 Å².